The Kier molecular flexibility index (Phi) is 4.37. The van der Waals surface area contributed by atoms with Crippen LogP contribution in [-0.2, 0) is 11.3 Å². The molecule has 0 fully saturated rings. The Bertz CT molecular complexity index is 586. The summed E-state index contributed by atoms with van der Waals surface area (Å²) in [7, 11) is 0. The van der Waals surface area contributed by atoms with Gasteiger partial charge in [0.2, 0.25) is 5.95 Å². The minimum absolute atomic E-state index is 0.0101. The van der Waals surface area contributed by atoms with E-state index in [9.17, 15) is 4.79 Å². The second kappa shape index (κ2) is 6.21. The Morgan fingerprint density at radius 1 is 1.30 bits per heavy atom. The van der Waals surface area contributed by atoms with Gasteiger partial charge >= 0.3 is 5.97 Å². The maximum absolute atomic E-state index is 11.0. The summed E-state index contributed by atoms with van der Waals surface area (Å²) in [4.78, 5) is 20.4. The summed E-state index contributed by atoms with van der Waals surface area (Å²) in [5.41, 5.74) is 6.50. The van der Waals surface area contributed by atoms with Crippen molar-refractivity contribution in [1.82, 2.24) is 9.97 Å². The Labute approximate surface area is 120 Å². The summed E-state index contributed by atoms with van der Waals surface area (Å²) >= 11 is 5.83. The van der Waals surface area contributed by atoms with Crippen LogP contribution in [0.1, 0.15) is 5.56 Å². The molecule has 3 N–H and O–H groups in total. The molecule has 2 aromatic rings. The Morgan fingerprint density at radius 2 is 2.00 bits per heavy atom. The van der Waals surface area contributed by atoms with Gasteiger partial charge in [0.25, 0.3) is 0 Å². The van der Waals surface area contributed by atoms with Gasteiger partial charge in [-0.2, -0.15) is 4.98 Å². The first-order chi connectivity index (χ1) is 9.54. The number of nitrogen functional groups attached to an aromatic ring is 1. The molecular formula is C13H13ClN4O2. The quantitative estimate of drug-likeness (QED) is 0.816. The third-order valence-electron chi connectivity index (χ3n) is 2.57. The minimum Gasteiger partial charge on any atom is -0.480 e. The molecule has 0 unspecified atom stereocenters. The number of hydrogen-bond acceptors (Lipinski definition) is 5. The van der Waals surface area contributed by atoms with E-state index in [0.29, 0.717) is 12.4 Å². The van der Waals surface area contributed by atoms with E-state index in [1.165, 1.54) is 6.07 Å². The first-order valence-electron chi connectivity index (χ1n) is 5.85. The summed E-state index contributed by atoms with van der Waals surface area (Å²) in [5.74, 6) is -0.570. The fraction of sp³-hybridized carbons (Fsp3) is 0.154. The van der Waals surface area contributed by atoms with Crippen molar-refractivity contribution >= 4 is 29.3 Å². The Hall–Kier alpha value is -2.34. The molecule has 0 atom stereocenters. The number of aliphatic carboxylic acids is 1. The van der Waals surface area contributed by atoms with Crippen LogP contribution >= 0.6 is 11.6 Å². The highest BCUT2D eigenvalue weighted by Gasteiger charge is 2.14. The molecule has 2 rings (SSSR count). The van der Waals surface area contributed by atoms with E-state index in [-0.39, 0.29) is 17.6 Å². The third kappa shape index (κ3) is 3.83. The number of anilines is 2. The minimum atomic E-state index is -0.964. The maximum atomic E-state index is 11.0. The molecule has 20 heavy (non-hydrogen) atoms. The molecule has 0 aliphatic heterocycles. The van der Waals surface area contributed by atoms with E-state index in [4.69, 9.17) is 22.4 Å². The largest absolute Gasteiger partial charge is 0.480 e. The number of nitrogens with two attached hydrogens (primary N) is 1. The van der Waals surface area contributed by atoms with Gasteiger partial charge < -0.3 is 15.7 Å². The average Bonchev–Trinajstić information content (AvgIpc) is 2.37. The molecule has 0 spiro atoms. The van der Waals surface area contributed by atoms with E-state index in [0.717, 1.165) is 5.56 Å². The lowest BCUT2D eigenvalue weighted by molar-refractivity contribution is -0.135. The molecule has 0 radical (unpaired) electrons. The van der Waals surface area contributed by atoms with Crippen molar-refractivity contribution in [2.45, 2.75) is 6.54 Å². The topological polar surface area (TPSA) is 92.3 Å². The molecule has 0 saturated heterocycles. The smallest absolute Gasteiger partial charge is 0.323 e. The van der Waals surface area contributed by atoms with E-state index in [1.807, 2.05) is 30.3 Å². The zero-order valence-electron chi connectivity index (χ0n) is 10.5. The van der Waals surface area contributed by atoms with E-state index in [2.05, 4.69) is 9.97 Å². The standard InChI is InChI=1S/C13H13ClN4O2/c14-10-6-11(17-13(15)16-10)18(8-12(19)20)7-9-4-2-1-3-5-9/h1-6H,7-8H2,(H,19,20)(H2,15,16,17). The van der Waals surface area contributed by atoms with Crippen LogP contribution in [-0.4, -0.2) is 27.6 Å². The van der Waals surface area contributed by atoms with Crippen LogP contribution in [0.3, 0.4) is 0 Å². The van der Waals surface area contributed by atoms with Crippen molar-refractivity contribution in [3.8, 4) is 0 Å². The summed E-state index contributed by atoms with van der Waals surface area (Å²) in [6, 6.07) is 11.0. The van der Waals surface area contributed by atoms with Crippen molar-refractivity contribution in [3.05, 3.63) is 47.1 Å². The highest BCUT2D eigenvalue weighted by molar-refractivity contribution is 6.29. The molecule has 104 valence electrons. The van der Waals surface area contributed by atoms with Crippen LogP contribution in [0.15, 0.2) is 36.4 Å². The van der Waals surface area contributed by atoms with Gasteiger partial charge in [0, 0.05) is 12.6 Å². The van der Waals surface area contributed by atoms with Crippen LogP contribution in [0.4, 0.5) is 11.8 Å². The molecule has 0 saturated carbocycles. The third-order valence-corrected chi connectivity index (χ3v) is 2.76. The van der Waals surface area contributed by atoms with Gasteiger partial charge in [0.15, 0.2) is 0 Å². The SMILES string of the molecule is Nc1nc(Cl)cc(N(CC(=O)O)Cc2ccccc2)n1. The normalized spacial score (nSPS) is 10.2. The van der Waals surface area contributed by atoms with Crippen LogP contribution < -0.4 is 10.6 Å². The summed E-state index contributed by atoms with van der Waals surface area (Å²) < 4.78 is 0. The van der Waals surface area contributed by atoms with Gasteiger partial charge in [-0.3, -0.25) is 4.79 Å². The fourth-order valence-corrected chi connectivity index (χ4v) is 1.95. The zero-order chi connectivity index (χ0) is 14.5. The number of carboxylic acids is 1. The molecular weight excluding hydrogens is 280 g/mol. The highest BCUT2D eigenvalue weighted by atomic mass is 35.5. The van der Waals surface area contributed by atoms with E-state index in [1.54, 1.807) is 4.90 Å². The summed E-state index contributed by atoms with van der Waals surface area (Å²) in [6.45, 7) is 0.182. The van der Waals surface area contributed by atoms with Crippen LogP contribution in [0.2, 0.25) is 5.15 Å². The van der Waals surface area contributed by atoms with Crippen molar-refractivity contribution in [1.29, 1.82) is 0 Å². The van der Waals surface area contributed by atoms with Crippen molar-refractivity contribution < 1.29 is 9.90 Å². The number of aromatic nitrogens is 2. The number of halogens is 1. The lowest BCUT2D eigenvalue weighted by Crippen LogP contribution is -2.30. The van der Waals surface area contributed by atoms with Gasteiger partial charge in [-0.15, -0.1) is 0 Å². The first kappa shape index (κ1) is 14.1. The van der Waals surface area contributed by atoms with Gasteiger partial charge in [-0.25, -0.2) is 4.98 Å². The molecule has 0 aliphatic rings. The van der Waals surface area contributed by atoms with Gasteiger partial charge in [-0.05, 0) is 5.56 Å². The van der Waals surface area contributed by atoms with Crippen LogP contribution in [0.5, 0.6) is 0 Å². The summed E-state index contributed by atoms with van der Waals surface area (Å²) in [6.07, 6.45) is 0. The van der Waals surface area contributed by atoms with Crippen molar-refractivity contribution in [2.24, 2.45) is 0 Å². The first-order valence-corrected chi connectivity index (χ1v) is 6.23. The second-order valence-corrected chi connectivity index (χ2v) is 4.53. The predicted molar refractivity (Wildman–Crippen MR) is 76.6 cm³/mol. The van der Waals surface area contributed by atoms with Crippen LogP contribution in [0.25, 0.3) is 0 Å². The maximum Gasteiger partial charge on any atom is 0.323 e. The fourth-order valence-electron chi connectivity index (χ4n) is 1.77. The number of benzene rings is 1. The summed E-state index contributed by atoms with van der Waals surface area (Å²) in [5, 5.41) is 9.19. The molecule has 1 aromatic heterocycles. The monoisotopic (exact) mass is 292 g/mol. The number of carbonyl (C=O) groups is 1. The number of nitrogens with zero attached hydrogens (tertiary/aromatic N) is 3. The van der Waals surface area contributed by atoms with Crippen LogP contribution in [0, 0.1) is 0 Å². The number of carboxylic acid groups (broad SMARTS) is 1. The Morgan fingerprint density at radius 3 is 2.60 bits per heavy atom. The number of hydrogen-bond donors (Lipinski definition) is 2. The van der Waals surface area contributed by atoms with Gasteiger partial charge in [0.05, 0.1) is 0 Å². The van der Waals surface area contributed by atoms with E-state index >= 15 is 0 Å². The molecule has 0 aliphatic carbocycles. The molecule has 0 bridgehead atoms. The number of rotatable bonds is 5. The zero-order valence-corrected chi connectivity index (χ0v) is 11.3. The second-order valence-electron chi connectivity index (χ2n) is 4.14. The molecule has 7 heteroatoms. The highest BCUT2D eigenvalue weighted by Crippen LogP contribution is 2.19. The van der Waals surface area contributed by atoms with Crippen molar-refractivity contribution in [3.63, 3.8) is 0 Å². The average molecular weight is 293 g/mol. The lowest BCUT2D eigenvalue weighted by Gasteiger charge is -2.22. The predicted octanol–water partition coefficient (Wildman–Crippen LogP) is 1.80. The van der Waals surface area contributed by atoms with Crippen molar-refractivity contribution in [2.75, 3.05) is 17.2 Å². The molecule has 0 amide bonds. The molecule has 6 nitrogen and oxygen atoms in total. The lowest BCUT2D eigenvalue weighted by atomic mass is 10.2. The Balaban J connectivity index is 2.29. The van der Waals surface area contributed by atoms with Gasteiger partial charge in [0.1, 0.15) is 17.5 Å². The van der Waals surface area contributed by atoms with E-state index < -0.39 is 5.97 Å². The molecule has 1 aromatic carbocycles. The van der Waals surface area contributed by atoms with Gasteiger partial charge in [-0.1, -0.05) is 41.9 Å². The molecule has 1 heterocycles.